The van der Waals surface area contributed by atoms with Gasteiger partial charge in [0.25, 0.3) is 11.8 Å². The highest BCUT2D eigenvalue weighted by atomic mass is 16.5. The Morgan fingerprint density at radius 3 is 2.38 bits per heavy atom. The van der Waals surface area contributed by atoms with Crippen LogP contribution in [0.3, 0.4) is 0 Å². The largest absolute Gasteiger partial charge is 0.481 e. The summed E-state index contributed by atoms with van der Waals surface area (Å²) in [6, 6.07) is -0.485. The Morgan fingerprint density at radius 2 is 1.94 bits per heavy atom. The van der Waals surface area contributed by atoms with Crippen LogP contribution in [0.15, 0.2) is 0 Å². The number of rotatable bonds is 4. The van der Waals surface area contributed by atoms with E-state index in [1.165, 1.54) is 0 Å². The van der Waals surface area contributed by atoms with Gasteiger partial charge < -0.3 is 9.84 Å². The molecule has 1 aliphatic carbocycles. The quantitative estimate of drug-likeness (QED) is 0.662. The van der Waals surface area contributed by atoms with Crippen LogP contribution >= 0.6 is 0 Å². The molecule has 2 aliphatic rings. The molecular weight excluding hydrogens is 214 g/mol. The Morgan fingerprint density at radius 1 is 1.38 bits per heavy atom. The van der Waals surface area contributed by atoms with Crippen molar-refractivity contribution < 1.29 is 24.2 Å². The van der Waals surface area contributed by atoms with E-state index < -0.39 is 23.8 Å². The number of carbonyl (C=O) groups is 3. The van der Waals surface area contributed by atoms with Crippen molar-refractivity contribution in [1.82, 2.24) is 4.90 Å². The van der Waals surface area contributed by atoms with Gasteiger partial charge in [-0.25, -0.2) is 0 Å². The highest BCUT2D eigenvalue weighted by Gasteiger charge is 2.42. The molecule has 6 nitrogen and oxygen atoms in total. The first-order valence-electron chi connectivity index (χ1n) is 5.24. The summed E-state index contributed by atoms with van der Waals surface area (Å²) in [4.78, 5) is 34.9. The van der Waals surface area contributed by atoms with Gasteiger partial charge in [-0.15, -0.1) is 0 Å². The second-order valence-electron chi connectivity index (χ2n) is 4.15. The van der Waals surface area contributed by atoms with Crippen LogP contribution < -0.4 is 0 Å². The molecule has 1 atom stereocenters. The SMILES string of the molecule is O=C(O)CC(C1CC1)N1C(=O)COCC1=O. The molecule has 16 heavy (non-hydrogen) atoms. The summed E-state index contributed by atoms with van der Waals surface area (Å²) in [7, 11) is 0. The third kappa shape index (κ3) is 2.21. The maximum absolute atomic E-state index is 11.5. The molecule has 2 rings (SSSR count). The van der Waals surface area contributed by atoms with E-state index >= 15 is 0 Å². The van der Waals surface area contributed by atoms with Crippen molar-refractivity contribution in [3.63, 3.8) is 0 Å². The van der Waals surface area contributed by atoms with E-state index in [-0.39, 0.29) is 25.6 Å². The molecule has 1 N–H and O–H groups in total. The number of hydrogen-bond donors (Lipinski definition) is 1. The summed E-state index contributed by atoms with van der Waals surface area (Å²) < 4.78 is 4.79. The van der Waals surface area contributed by atoms with Gasteiger partial charge in [0.05, 0.1) is 12.5 Å². The van der Waals surface area contributed by atoms with Crippen molar-refractivity contribution in [3.8, 4) is 0 Å². The molecule has 0 bridgehead atoms. The first-order valence-corrected chi connectivity index (χ1v) is 5.24. The molecule has 6 heteroatoms. The summed E-state index contributed by atoms with van der Waals surface area (Å²) in [5.41, 5.74) is 0. The van der Waals surface area contributed by atoms with Crippen molar-refractivity contribution >= 4 is 17.8 Å². The first-order chi connectivity index (χ1) is 7.59. The fourth-order valence-corrected chi connectivity index (χ4v) is 2.00. The Labute approximate surface area is 92.2 Å². The number of hydrogen-bond acceptors (Lipinski definition) is 4. The minimum absolute atomic E-state index is 0.130. The van der Waals surface area contributed by atoms with Gasteiger partial charge in [0.15, 0.2) is 0 Å². The number of amides is 2. The van der Waals surface area contributed by atoms with Crippen molar-refractivity contribution in [2.45, 2.75) is 25.3 Å². The lowest BCUT2D eigenvalue weighted by Gasteiger charge is -2.32. The van der Waals surface area contributed by atoms with Crippen molar-refractivity contribution in [1.29, 1.82) is 0 Å². The molecule has 1 saturated heterocycles. The number of morpholine rings is 1. The zero-order valence-corrected chi connectivity index (χ0v) is 8.72. The fraction of sp³-hybridized carbons (Fsp3) is 0.700. The normalized spacial score (nSPS) is 23.4. The van der Waals surface area contributed by atoms with E-state index in [0.29, 0.717) is 0 Å². The Hall–Kier alpha value is -1.43. The predicted molar refractivity (Wildman–Crippen MR) is 51.4 cm³/mol. The van der Waals surface area contributed by atoms with Crippen molar-refractivity contribution in [2.75, 3.05) is 13.2 Å². The van der Waals surface area contributed by atoms with E-state index in [1.807, 2.05) is 0 Å². The molecular formula is C10H13NO5. The number of aliphatic carboxylic acids is 1. The van der Waals surface area contributed by atoms with Crippen LogP contribution in [0.1, 0.15) is 19.3 Å². The monoisotopic (exact) mass is 227 g/mol. The molecule has 0 aromatic heterocycles. The van der Waals surface area contributed by atoms with Crippen molar-refractivity contribution in [3.05, 3.63) is 0 Å². The second kappa shape index (κ2) is 4.21. The van der Waals surface area contributed by atoms with Gasteiger partial charge in [0.1, 0.15) is 13.2 Å². The lowest BCUT2D eigenvalue weighted by atomic mass is 10.1. The van der Waals surface area contributed by atoms with E-state index in [9.17, 15) is 14.4 Å². The molecule has 88 valence electrons. The lowest BCUT2D eigenvalue weighted by molar-refractivity contribution is -0.163. The summed E-state index contributed by atoms with van der Waals surface area (Å²) in [5, 5.41) is 8.78. The predicted octanol–water partition coefficient (Wildman–Crippen LogP) is -0.375. The molecule has 2 amide bonds. The lowest BCUT2D eigenvalue weighted by Crippen LogP contribution is -2.53. The molecule has 0 spiro atoms. The van der Waals surface area contributed by atoms with E-state index in [0.717, 1.165) is 17.7 Å². The first kappa shape index (κ1) is 11.1. The van der Waals surface area contributed by atoms with E-state index in [1.54, 1.807) is 0 Å². The van der Waals surface area contributed by atoms with Crippen LogP contribution in [0.5, 0.6) is 0 Å². The molecule has 1 heterocycles. The molecule has 0 aromatic carbocycles. The molecule has 2 fully saturated rings. The maximum Gasteiger partial charge on any atom is 0.305 e. The molecule has 1 saturated carbocycles. The van der Waals surface area contributed by atoms with E-state index in [2.05, 4.69) is 0 Å². The number of carboxylic acids is 1. The van der Waals surface area contributed by atoms with Gasteiger partial charge in [0, 0.05) is 0 Å². The van der Waals surface area contributed by atoms with Crippen LogP contribution in [-0.2, 0) is 19.1 Å². The van der Waals surface area contributed by atoms with Gasteiger partial charge in [-0.3, -0.25) is 19.3 Å². The van der Waals surface area contributed by atoms with Gasteiger partial charge in [-0.2, -0.15) is 0 Å². The highest BCUT2D eigenvalue weighted by molar-refractivity contribution is 5.99. The van der Waals surface area contributed by atoms with Gasteiger partial charge >= 0.3 is 5.97 Å². The molecule has 1 unspecified atom stereocenters. The van der Waals surface area contributed by atoms with Crippen LogP contribution in [0.4, 0.5) is 0 Å². The van der Waals surface area contributed by atoms with Crippen LogP contribution in [0, 0.1) is 5.92 Å². The van der Waals surface area contributed by atoms with Crippen LogP contribution in [-0.4, -0.2) is 47.0 Å². The smallest absolute Gasteiger partial charge is 0.305 e. The number of imide groups is 1. The van der Waals surface area contributed by atoms with Crippen molar-refractivity contribution in [2.24, 2.45) is 5.92 Å². The number of ether oxygens (including phenoxy) is 1. The van der Waals surface area contributed by atoms with Gasteiger partial charge in [-0.1, -0.05) is 0 Å². The standard InChI is InChI=1S/C10H13NO5/c12-8-4-16-5-9(13)11(8)7(3-10(14)15)6-1-2-6/h6-7H,1-5H2,(H,14,15). The summed E-state index contributed by atoms with van der Waals surface area (Å²) in [5.74, 6) is -1.67. The average molecular weight is 227 g/mol. The summed E-state index contributed by atoms with van der Waals surface area (Å²) in [6.45, 7) is -0.261. The number of nitrogens with zero attached hydrogens (tertiary/aromatic N) is 1. The summed E-state index contributed by atoms with van der Waals surface area (Å²) >= 11 is 0. The third-order valence-electron chi connectivity index (χ3n) is 2.87. The maximum atomic E-state index is 11.5. The number of carboxylic acid groups (broad SMARTS) is 1. The topological polar surface area (TPSA) is 83.9 Å². The zero-order valence-electron chi connectivity index (χ0n) is 8.72. The Bertz CT molecular complexity index is 320. The number of carbonyl (C=O) groups excluding carboxylic acids is 2. The highest BCUT2D eigenvalue weighted by Crippen LogP contribution is 2.37. The Kier molecular flexibility index (Phi) is 2.91. The van der Waals surface area contributed by atoms with Crippen LogP contribution in [0.25, 0.3) is 0 Å². The van der Waals surface area contributed by atoms with Gasteiger partial charge in [0.2, 0.25) is 0 Å². The zero-order chi connectivity index (χ0) is 11.7. The molecule has 1 aliphatic heterocycles. The summed E-state index contributed by atoms with van der Waals surface area (Å²) in [6.07, 6.45) is 1.61. The minimum atomic E-state index is -0.982. The van der Waals surface area contributed by atoms with E-state index in [4.69, 9.17) is 9.84 Å². The fourth-order valence-electron chi connectivity index (χ4n) is 2.00. The average Bonchev–Trinajstić information content (AvgIpc) is 2.98. The third-order valence-corrected chi connectivity index (χ3v) is 2.87. The molecule has 0 aromatic rings. The Balaban J connectivity index is 2.13. The molecule has 0 radical (unpaired) electrons. The van der Waals surface area contributed by atoms with Crippen LogP contribution in [0.2, 0.25) is 0 Å². The van der Waals surface area contributed by atoms with Gasteiger partial charge in [-0.05, 0) is 18.8 Å². The second-order valence-corrected chi connectivity index (χ2v) is 4.15. The minimum Gasteiger partial charge on any atom is -0.481 e.